The predicted molar refractivity (Wildman–Crippen MR) is 94.6 cm³/mol. The Morgan fingerprint density at radius 2 is 1.22 bits per heavy atom. The first-order valence-electron chi connectivity index (χ1n) is 7.92. The maximum atomic E-state index is 6.29. The molecule has 0 bridgehead atoms. The molecule has 2 nitrogen and oxygen atoms in total. The Kier molecular flexibility index (Phi) is 5.07. The zero-order valence-electron chi connectivity index (χ0n) is 13.1. The summed E-state index contributed by atoms with van der Waals surface area (Å²) in [5.74, 6) is 0.864. The maximum Gasteiger partial charge on any atom is 0.149 e. The van der Waals surface area contributed by atoms with E-state index in [1.54, 1.807) is 0 Å². The second-order valence-electron chi connectivity index (χ2n) is 5.50. The van der Waals surface area contributed by atoms with Gasteiger partial charge in [-0.25, -0.2) is 0 Å². The average molecular weight is 303 g/mol. The zero-order valence-corrected chi connectivity index (χ0v) is 13.1. The van der Waals surface area contributed by atoms with Crippen molar-refractivity contribution in [1.82, 2.24) is 0 Å². The van der Waals surface area contributed by atoms with Gasteiger partial charge in [-0.2, -0.15) is 0 Å². The molecule has 23 heavy (non-hydrogen) atoms. The summed E-state index contributed by atoms with van der Waals surface area (Å²) in [6.07, 6.45) is 0.777. The molecule has 0 aliphatic heterocycles. The standard InChI is InChI=1S/C21H21NO/c22-16-15-17-11-13-20(14-12-17)23-21(18-7-3-1-4-8-18)19-9-5-2-6-10-19/h1-14,21H,15-16,22H2. The van der Waals surface area contributed by atoms with Crippen LogP contribution in [0.25, 0.3) is 0 Å². The van der Waals surface area contributed by atoms with Crippen molar-refractivity contribution < 1.29 is 4.74 Å². The molecule has 3 aromatic rings. The summed E-state index contributed by atoms with van der Waals surface area (Å²) >= 11 is 0. The largest absolute Gasteiger partial charge is 0.481 e. The quantitative estimate of drug-likeness (QED) is 0.734. The maximum absolute atomic E-state index is 6.29. The monoisotopic (exact) mass is 303 g/mol. The molecule has 0 aromatic heterocycles. The molecule has 0 spiro atoms. The molecular formula is C21H21NO. The molecular weight excluding hydrogens is 282 g/mol. The Morgan fingerprint density at radius 1 is 0.696 bits per heavy atom. The van der Waals surface area contributed by atoms with Crippen LogP contribution >= 0.6 is 0 Å². The first-order valence-corrected chi connectivity index (χ1v) is 7.92. The van der Waals surface area contributed by atoms with Gasteiger partial charge in [-0.15, -0.1) is 0 Å². The third-order valence-electron chi connectivity index (χ3n) is 3.81. The van der Waals surface area contributed by atoms with Crippen molar-refractivity contribution in [3.8, 4) is 5.75 Å². The molecule has 0 aliphatic rings. The second-order valence-corrected chi connectivity index (χ2v) is 5.50. The highest BCUT2D eigenvalue weighted by Gasteiger charge is 2.15. The smallest absolute Gasteiger partial charge is 0.149 e. The van der Waals surface area contributed by atoms with E-state index in [2.05, 4.69) is 36.4 Å². The third-order valence-corrected chi connectivity index (χ3v) is 3.81. The van der Waals surface area contributed by atoms with Gasteiger partial charge in [0, 0.05) is 0 Å². The zero-order chi connectivity index (χ0) is 15.9. The summed E-state index contributed by atoms with van der Waals surface area (Å²) in [6, 6.07) is 28.8. The molecule has 0 atom stereocenters. The lowest BCUT2D eigenvalue weighted by Gasteiger charge is -2.20. The first kappa shape index (κ1) is 15.3. The van der Waals surface area contributed by atoms with Gasteiger partial charge < -0.3 is 10.5 Å². The minimum Gasteiger partial charge on any atom is -0.481 e. The summed E-state index contributed by atoms with van der Waals surface area (Å²) in [5.41, 5.74) is 9.12. The van der Waals surface area contributed by atoms with Gasteiger partial charge in [-0.3, -0.25) is 0 Å². The highest BCUT2D eigenvalue weighted by Crippen LogP contribution is 2.28. The Morgan fingerprint density at radius 3 is 1.70 bits per heavy atom. The van der Waals surface area contributed by atoms with Crippen molar-refractivity contribution in [2.24, 2.45) is 5.73 Å². The highest BCUT2D eigenvalue weighted by atomic mass is 16.5. The lowest BCUT2D eigenvalue weighted by atomic mass is 10.0. The fourth-order valence-corrected chi connectivity index (χ4v) is 2.62. The van der Waals surface area contributed by atoms with Crippen LogP contribution in [0, 0.1) is 0 Å². The SMILES string of the molecule is NCCc1ccc(OC(c2ccccc2)c2ccccc2)cc1. The van der Waals surface area contributed by atoms with E-state index in [1.165, 1.54) is 5.56 Å². The van der Waals surface area contributed by atoms with Gasteiger partial charge >= 0.3 is 0 Å². The van der Waals surface area contributed by atoms with Crippen molar-refractivity contribution in [3.63, 3.8) is 0 Å². The number of benzene rings is 3. The molecule has 3 aromatic carbocycles. The highest BCUT2D eigenvalue weighted by molar-refractivity contribution is 5.34. The minimum atomic E-state index is -0.113. The van der Waals surface area contributed by atoms with Gasteiger partial charge in [0.25, 0.3) is 0 Å². The summed E-state index contributed by atoms with van der Waals surface area (Å²) in [4.78, 5) is 0. The summed E-state index contributed by atoms with van der Waals surface area (Å²) in [5, 5.41) is 0. The van der Waals surface area contributed by atoms with E-state index in [0.29, 0.717) is 6.54 Å². The molecule has 0 unspecified atom stereocenters. The van der Waals surface area contributed by atoms with Gasteiger partial charge in [0.2, 0.25) is 0 Å². The van der Waals surface area contributed by atoms with Crippen molar-refractivity contribution >= 4 is 0 Å². The normalized spacial score (nSPS) is 10.7. The Bertz CT molecular complexity index is 668. The van der Waals surface area contributed by atoms with Gasteiger partial charge in [0.15, 0.2) is 0 Å². The van der Waals surface area contributed by atoms with Crippen LogP contribution in [-0.2, 0) is 6.42 Å². The molecule has 0 aliphatic carbocycles. The summed E-state index contributed by atoms with van der Waals surface area (Å²) < 4.78 is 6.29. The molecule has 0 heterocycles. The van der Waals surface area contributed by atoms with Crippen molar-refractivity contribution in [2.75, 3.05) is 6.54 Å². The van der Waals surface area contributed by atoms with E-state index < -0.39 is 0 Å². The molecule has 0 saturated carbocycles. The van der Waals surface area contributed by atoms with Crippen molar-refractivity contribution in [2.45, 2.75) is 12.5 Å². The topological polar surface area (TPSA) is 35.2 Å². The van der Waals surface area contributed by atoms with Crippen LogP contribution in [0.2, 0.25) is 0 Å². The van der Waals surface area contributed by atoms with Gasteiger partial charge in [0.1, 0.15) is 11.9 Å². The van der Waals surface area contributed by atoms with Crippen LogP contribution in [0.4, 0.5) is 0 Å². The van der Waals surface area contributed by atoms with Crippen LogP contribution in [0.15, 0.2) is 84.9 Å². The van der Waals surface area contributed by atoms with Crippen molar-refractivity contribution in [1.29, 1.82) is 0 Å². The molecule has 3 rings (SSSR count). The fourth-order valence-electron chi connectivity index (χ4n) is 2.62. The first-order chi connectivity index (χ1) is 11.4. The molecule has 0 fully saturated rings. The minimum absolute atomic E-state index is 0.113. The van der Waals surface area contributed by atoms with Gasteiger partial charge in [0.05, 0.1) is 0 Å². The van der Waals surface area contributed by atoms with E-state index in [1.807, 2.05) is 48.5 Å². The molecule has 0 saturated heterocycles. The third kappa shape index (κ3) is 3.99. The van der Waals surface area contributed by atoms with Crippen LogP contribution in [0.5, 0.6) is 5.75 Å². The fraction of sp³-hybridized carbons (Fsp3) is 0.143. The van der Waals surface area contributed by atoms with Gasteiger partial charge in [-0.1, -0.05) is 72.8 Å². The lowest BCUT2D eigenvalue weighted by Crippen LogP contribution is -2.09. The molecule has 2 heteroatoms. The number of hydrogen-bond acceptors (Lipinski definition) is 2. The van der Waals surface area contributed by atoms with E-state index in [9.17, 15) is 0 Å². The van der Waals surface area contributed by atoms with Crippen LogP contribution in [0.1, 0.15) is 22.8 Å². The molecule has 2 N–H and O–H groups in total. The number of nitrogens with two attached hydrogens (primary N) is 1. The van der Waals surface area contributed by atoms with E-state index in [0.717, 1.165) is 23.3 Å². The van der Waals surface area contributed by atoms with Crippen LogP contribution in [0.3, 0.4) is 0 Å². The van der Waals surface area contributed by atoms with Crippen molar-refractivity contribution in [3.05, 3.63) is 102 Å². The lowest BCUT2D eigenvalue weighted by molar-refractivity contribution is 0.247. The predicted octanol–water partition coefficient (Wildman–Crippen LogP) is 4.36. The summed E-state index contributed by atoms with van der Waals surface area (Å²) in [7, 11) is 0. The Balaban J connectivity index is 1.87. The van der Waals surface area contributed by atoms with E-state index in [4.69, 9.17) is 10.5 Å². The Hall–Kier alpha value is -2.58. The van der Waals surface area contributed by atoms with E-state index >= 15 is 0 Å². The Labute approximate surface area is 137 Å². The molecule has 0 radical (unpaired) electrons. The molecule has 116 valence electrons. The number of rotatable bonds is 6. The average Bonchev–Trinajstić information content (AvgIpc) is 2.63. The van der Waals surface area contributed by atoms with Gasteiger partial charge in [-0.05, 0) is 41.8 Å². The number of ether oxygens (including phenoxy) is 1. The van der Waals surface area contributed by atoms with E-state index in [-0.39, 0.29) is 6.10 Å². The number of hydrogen-bond donors (Lipinski definition) is 1. The summed E-state index contributed by atoms with van der Waals surface area (Å²) in [6.45, 7) is 0.664. The van der Waals surface area contributed by atoms with Crippen LogP contribution in [-0.4, -0.2) is 6.54 Å². The molecule has 0 amide bonds. The second kappa shape index (κ2) is 7.61. The van der Waals surface area contributed by atoms with Crippen LogP contribution < -0.4 is 10.5 Å².